The molecule has 0 aliphatic carbocycles. The van der Waals surface area contributed by atoms with Crippen molar-refractivity contribution >= 4 is 34.8 Å². The van der Waals surface area contributed by atoms with E-state index in [0.29, 0.717) is 35.6 Å². The van der Waals surface area contributed by atoms with E-state index in [2.05, 4.69) is 20.8 Å². The number of carbonyl (C=O) groups is 1. The van der Waals surface area contributed by atoms with Gasteiger partial charge in [0.15, 0.2) is 11.6 Å². The number of halogens is 1. The van der Waals surface area contributed by atoms with Gasteiger partial charge in [0, 0.05) is 24.8 Å². The van der Waals surface area contributed by atoms with Gasteiger partial charge in [-0.1, -0.05) is 11.6 Å². The minimum absolute atomic E-state index is 0.0326. The molecule has 0 spiro atoms. The molecule has 1 aromatic heterocycles. The number of ether oxygens (including phenoxy) is 2. The normalized spacial score (nSPS) is 14.8. The van der Waals surface area contributed by atoms with Crippen LogP contribution in [0, 0.1) is 5.92 Å². The molecule has 0 saturated carbocycles. The van der Waals surface area contributed by atoms with Gasteiger partial charge in [-0.3, -0.25) is 4.79 Å². The summed E-state index contributed by atoms with van der Waals surface area (Å²) in [4.78, 5) is 12.2. The Labute approximate surface area is 150 Å². The molecule has 1 amide bonds. The minimum atomic E-state index is -0.0414. The van der Waals surface area contributed by atoms with Gasteiger partial charge < -0.3 is 20.1 Å². The summed E-state index contributed by atoms with van der Waals surface area (Å²) < 4.78 is 10.4. The van der Waals surface area contributed by atoms with Crippen molar-refractivity contribution in [2.75, 3.05) is 31.0 Å². The fraction of sp³-hybridized carbons (Fsp3) is 0.353. The lowest BCUT2D eigenvalue weighted by Gasteiger charge is -2.20. The van der Waals surface area contributed by atoms with Crippen LogP contribution in [0.25, 0.3) is 0 Å². The predicted molar refractivity (Wildman–Crippen MR) is 95.5 cm³/mol. The maximum atomic E-state index is 12.2. The summed E-state index contributed by atoms with van der Waals surface area (Å²) in [5, 5.41) is 14.5. The van der Waals surface area contributed by atoms with E-state index in [1.54, 1.807) is 31.4 Å². The standard InChI is InChI=1S/C17H19ClN4O3/c1-24-14-3-2-12(10-13(14)18)19-15-4-5-16(22-21-15)20-17(23)11-6-8-25-9-7-11/h2-5,10-11H,6-9H2,1H3,(H,19,21)(H,20,22,23). The fourth-order valence-electron chi connectivity index (χ4n) is 2.55. The Kier molecular flexibility index (Phi) is 5.67. The van der Waals surface area contributed by atoms with Gasteiger partial charge in [0.1, 0.15) is 5.75 Å². The monoisotopic (exact) mass is 362 g/mol. The summed E-state index contributed by atoms with van der Waals surface area (Å²) in [6.07, 6.45) is 1.47. The molecule has 25 heavy (non-hydrogen) atoms. The number of aromatic nitrogens is 2. The molecule has 1 aliphatic rings. The number of nitrogens with one attached hydrogen (secondary N) is 2. The number of carbonyl (C=O) groups excluding carboxylic acids is 1. The first kappa shape index (κ1) is 17.4. The molecule has 1 aromatic carbocycles. The molecule has 7 nitrogen and oxygen atoms in total. The van der Waals surface area contributed by atoms with E-state index in [1.807, 2.05) is 6.07 Å². The Morgan fingerprint density at radius 2 is 1.92 bits per heavy atom. The van der Waals surface area contributed by atoms with Crippen LogP contribution in [-0.2, 0) is 9.53 Å². The lowest BCUT2D eigenvalue weighted by molar-refractivity contribution is -0.122. The molecule has 2 heterocycles. The van der Waals surface area contributed by atoms with Crippen molar-refractivity contribution in [3.63, 3.8) is 0 Å². The average Bonchev–Trinajstić information content (AvgIpc) is 2.64. The molecule has 1 saturated heterocycles. The largest absolute Gasteiger partial charge is 0.495 e. The van der Waals surface area contributed by atoms with E-state index in [-0.39, 0.29) is 11.8 Å². The first-order valence-corrected chi connectivity index (χ1v) is 8.36. The molecule has 2 aromatic rings. The molecular weight excluding hydrogens is 344 g/mol. The molecule has 0 bridgehead atoms. The van der Waals surface area contributed by atoms with Gasteiger partial charge >= 0.3 is 0 Å². The maximum Gasteiger partial charge on any atom is 0.228 e. The molecule has 0 radical (unpaired) electrons. The zero-order valence-electron chi connectivity index (χ0n) is 13.8. The highest BCUT2D eigenvalue weighted by atomic mass is 35.5. The van der Waals surface area contributed by atoms with Crippen molar-refractivity contribution in [3.8, 4) is 5.75 Å². The SMILES string of the molecule is COc1ccc(Nc2ccc(NC(=O)C3CCOCC3)nn2)cc1Cl. The smallest absolute Gasteiger partial charge is 0.228 e. The second-order valence-electron chi connectivity index (χ2n) is 5.65. The highest BCUT2D eigenvalue weighted by Gasteiger charge is 2.21. The molecule has 3 rings (SSSR count). The van der Waals surface area contributed by atoms with Gasteiger partial charge in [0.05, 0.1) is 12.1 Å². The first-order chi connectivity index (χ1) is 12.2. The lowest BCUT2D eigenvalue weighted by atomic mass is 9.99. The molecule has 2 N–H and O–H groups in total. The number of nitrogens with zero attached hydrogens (tertiary/aromatic N) is 2. The molecule has 1 fully saturated rings. The van der Waals surface area contributed by atoms with Crippen molar-refractivity contribution < 1.29 is 14.3 Å². The highest BCUT2D eigenvalue weighted by molar-refractivity contribution is 6.32. The molecule has 1 aliphatic heterocycles. The van der Waals surface area contributed by atoms with Crippen molar-refractivity contribution in [2.24, 2.45) is 5.92 Å². The van der Waals surface area contributed by atoms with E-state index in [0.717, 1.165) is 18.5 Å². The number of hydrogen-bond acceptors (Lipinski definition) is 6. The number of amides is 1. The van der Waals surface area contributed by atoms with Crippen LogP contribution in [-0.4, -0.2) is 36.4 Å². The summed E-state index contributed by atoms with van der Waals surface area (Å²) in [6, 6.07) is 8.78. The molecule has 132 valence electrons. The van der Waals surface area contributed by atoms with Gasteiger partial charge in [0.2, 0.25) is 5.91 Å². The third-order valence-electron chi connectivity index (χ3n) is 3.93. The van der Waals surface area contributed by atoms with Crippen LogP contribution >= 0.6 is 11.6 Å². The Morgan fingerprint density at radius 1 is 1.20 bits per heavy atom. The third kappa shape index (κ3) is 4.58. The average molecular weight is 363 g/mol. The summed E-state index contributed by atoms with van der Waals surface area (Å²) >= 11 is 6.09. The Hall–Kier alpha value is -2.38. The minimum Gasteiger partial charge on any atom is -0.495 e. The third-order valence-corrected chi connectivity index (χ3v) is 4.23. The van der Waals surface area contributed by atoms with E-state index in [4.69, 9.17) is 21.1 Å². The van der Waals surface area contributed by atoms with Gasteiger partial charge in [-0.05, 0) is 43.2 Å². The molecular formula is C17H19ClN4O3. The number of anilines is 3. The number of benzene rings is 1. The second-order valence-corrected chi connectivity index (χ2v) is 6.06. The zero-order valence-corrected chi connectivity index (χ0v) is 14.5. The van der Waals surface area contributed by atoms with Gasteiger partial charge in [-0.15, -0.1) is 10.2 Å². The maximum absolute atomic E-state index is 12.2. The van der Waals surface area contributed by atoms with E-state index < -0.39 is 0 Å². The Balaban J connectivity index is 1.60. The van der Waals surface area contributed by atoms with Crippen LogP contribution in [0.4, 0.5) is 17.3 Å². The summed E-state index contributed by atoms with van der Waals surface area (Å²) in [5.74, 6) is 1.50. The number of rotatable bonds is 5. The van der Waals surface area contributed by atoms with Crippen LogP contribution in [0.1, 0.15) is 12.8 Å². The van der Waals surface area contributed by atoms with Crippen LogP contribution in [0.5, 0.6) is 5.75 Å². The Bertz CT molecular complexity index is 733. The summed E-state index contributed by atoms with van der Waals surface area (Å²) in [5.41, 5.74) is 0.763. The van der Waals surface area contributed by atoms with Crippen molar-refractivity contribution in [3.05, 3.63) is 35.4 Å². The lowest BCUT2D eigenvalue weighted by Crippen LogP contribution is -2.28. The highest BCUT2D eigenvalue weighted by Crippen LogP contribution is 2.28. The molecule has 0 atom stereocenters. The van der Waals surface area contributed by atoms with Gasteiger partial charge in [-0.25, -0.2) is 0 Å². The van der Waals surface area contributed by atoms with E-state index >= 15 is 0 Å². The number of methoxy groups -OCH3 is 1. The quantitative estimate of drug-likeness (QED) is 0.849. The molecule has 8 heteroatoms. The first-order valence-electron chi connectivity index (χ1n) is 7.98. The Morgan fingerprint density at radius 3 is 2.56 bits per heavy atom. The molecule has 0 unspecified atom stereocenters. The number of hydrogen-bond donors (Lipinski definition) is 2. The van der Waals surface area contributed by atoms with Crippen LogP contribution < -0.4 is 15.4 Å². The van der Waals surface area contributed by atoms with Crippen molar-refractivity contribution in [2.45, 2.75) is 12.8 Å². The van der Waals surface area contributed by atoms with Crippen LogP contribution in [0.3, 0.4) is 0 Å². The van der Waals surface area contributed by atoms with E-state index in [9.17, 15) is 4.79 Å². The topological polar surface area (TPSA) is 85.4 Å². The van der Waals surface area contributed by atoms with Gasteiger partial charge in [0.25, 0.3) is 0 Å². The summed E-state index contributed by atoms with van der Waals surface area (Å²) in [7, 11) is 1.56. The second kappa shape index (κ2) is 8.13. The van der Waals surface area contributed by atoms with Crippen molar-refractivity contribution in [1.29, 1.82) is 0 Å². The van der Waals surface area contributed by atoms with Crippen LogP contribution in [0.15, 0.2) is 30.3 Å². The van der Waals surface area contributed by atoms with Crippen molar-refractivity contribution in [1.82, 2.24) is 10.2 Å². The fourth-order valence-corrected chi connectivity index (χ4v) is 2.80. The van der Waals surface area contributed by atoms with E-state index in [1.165, 1.54) is 0 Å². The van der Waals surface area contributed by atoms with Crippen LogP contribution in [0.2, 0.25) is 5.02 Å². The predicted octanol–water partition coefficient (Wildman–Crippen LogP) is 3.25. The van der Waals surface area contributed by atoms with Gasteiger partial charge in [-0.2, -0.15) is 0 Å². The summed E-state index contributed by atoms with van der Waals surface area (Å²) in [6.45, 7) is 1.24. The zero-order chi connectivity index (χ0) is 17.6.